The van der Waals surface area contributed by atoms with Crippen LogP contribution in [0.2, 0.25) is 18.1 Å². The van der Waals surface area contributed by atoms with Gasteiger partial charge in [0.25, 0.3) is 0 Å². The normalized spacial score (nSPS) is 23.5. The highest BCUT2D eigenvalue weighted by atomic mass is 28.4. The van der Waals surface area contributed by atoms with E-state index in [4.69, 9.17) is 9.16 Å². The monoisotopic (exact) mass is 351 g/mol. The average Bonchev–Trinajstić information content (AvgIpc) is 2.68. The van der Waals surface area contributed by atoms with Crippen LogP contribution in [0.5, 0.6) is 0 Å². The van der Waals surface area contributed by atoms with E-state index in [1.165, 1.54) is 4.90 Å². The van der Waals surface area contributed by atoms with Gasteiger partial charge in [0, 0.05) is 13.1 Å². The van der Waals surface area contributed by atoms with Crippen LogP contribution in [0.15, 0.2) is 0 Å². The Hall–Kier alpha value is -0.693. The number of nitrogens with zero attached hydrogens (tertiary/aromatic N) is 1. The Morgan fingerprint density at radius 2 is 1.65 bits per heavy atom. The molecule has 1 aliphatic rings. The van der Waals surface area contributed by atoms with E-state index >= 15 is 0 Å². The Balaban J connectivity index is 2.85. The van der Waals surface area contributed by atoms with Gasteiger partial charge in [0.15, 0.2) is 8.32 Å². The number of alkyl halides is 2. The Labute approximate surface area is 139 Å². The van der Waals surface area contributed by atoms with Gasteiger partial charge in [0.05, 0.1) is 12.0 Å². The molecular formula is C16H31F2NO3Si. The highest BCUT2D eigenvalue weighted by molar-refractivity contribution is 6.74. The molecular weight excluding hydrogens is 320 g/mol. The number of carbonyl (C=O) groups excluding carboxylic acids is 1. The molecule has 0 spiro atoms. The first-order valence-electron chi connectivity index (χ1n) is 8.08. The van der Waals surface area contributed by atoms with Crippen LogP contribution in [0.1, 0.15) is 41.5 Å². The van der Waals surface area contributed by atoms with Gasteiger partial charge in [-0.3, -0.25) is 0 Å². The van der Waals surface area contributed by atoms with Crippen molar-refractivity contribution in [1.29, 1.82) is 0 Å². The Bertz CT molecular complexity index is 430. The molecule has 1 heterocycles. The molecule has 4 nitrogen and oxygen atoms in total. The molecule has 0 radical (unpaired) electrons. The first-order chi connectivity index (χ1) is 10.1. The summed E-state index contributed by atoms with van der Waals surface area (Å²) in [5, 5.41) is -0.0704. The molecule has 1 saturated heterocycles. The number of carbonyl (C=O) groups is 1. The molecule has 2 atom stereocenters. The molecule has 7 heteroatoms. The number of rotatable bonds is 3. The van der Waals surface area contributed by atoms with Crippen molar-refractivity contribution < 1.29 is 22.7 Å². The second-order valence-electron chi connectivity index (χ2n) is 8.80. The molecule has 1 rings (SSSR count). The summed E-state index contributed by atoms with van der Waals surface area (Å²) in [6, 6.07) is 0. The summed E-state index contributed by atoms with van der Waals surface area (Å²) in [7, 11) is -2.18. The van der Waals surface area contributed by atoms with E-state index in [0.717, 1.165) is 0 Å². The van der Waals surface area contributed by atoms with Crippen molar-refractivity contribution in [3.8, 4) is 0 Å². The summed E-state index contributed by atoms with van der Waals surface area (Å²) in [6.07, 6.45) is -3.70. The predicted octanol–water partition coefficient (Wildman–Crippen LogP) is 4.51. The van der Waals surface area contributed by atoms with Crippen molar-refractivity contribution in [3.05, 3.63) is 0 Å². The zero-order valence-electron chi connectivity index (χ0n) is 15.6. The van der Waals surface area contributed by atoms with E-state index in [1.54, 1.807) is 20.8 Å². The highest BCUT2D eigenvalue weighted by Gasteiger charge is 2.47. The smallest absolute Gasteiger partial charge is 0.410 e. The molecule has 0 aliphatic carbocycles. The lowest BCUT2D eigenvalue weighted by atomic mass is 10.1. The van der Waals surface area contributed by atoms with Gasteiger partial charge in [-0.2, -0.15) is 0 Å². The van der Waals surface area contributed by atoms with Crippen molar-refractivity contribution in [2.24, 2.45) is 5.92 Å². The fraction of sp³-hybridized carbons (Fsp3) is 0.938. The van der Waals surface area contributed by atoms with Gasteiger partial charge in [-0.05, 0) is 38.9 Å². The summed E-state index contributed by atoms with van der Waals surface area (Å²) < 4.78 is 38.2. The minimum absolute atomic E-state index is 0.0220. The van der Waals surface area contributed by atoms with Crippen LogP contribution in [0.3, 0.4) is 0 Å². The van der Waals surface area contributed by atoms with Crippen molar-refractivity contribution in [1.82, 2.24) is 4.90 Å². The zero-order valence-corrected chi connectivity index (χ0v) is 16.6. The van der Waals surface area contributed by atoms with Gasteiger partial charge in [-0.1, -0.05) is 20.8 Å². The quantitative estimate of drug-likeness (QED) is 0.702. The topological polar surface area (TPSA) is 38.8 Å². The van der Waals surface area contributed by atoms with Gasteiger partial charge in [-0.25, -0.2) is 13.6 Å². The molecule has 0 aromatic carbocycles. The van der Waals surface area contributed by atoms with Gasteiger partial charge < -0.3 is 14.1 Å². The number of halogens is 2. The molecule has 0 saturated carbocycles. The third-order valence-corrected chi connectivity index (χ3v) is 9.04. The van der Waals surface area contributed by atoms with Crippen molar-refractivity contribution in [3.63, 3.8) is 0 Å². The van der Waals surface area contributed by atoms with Crippen LogP contribution < -0.4 is 0 Å². The molecule has 0 N–H and O–H groups in total. The van der Waals surface area contributed by atoms with Crippen molar-refractivity contribution in [2.45, 2.75) is 77.8 Å². The van der Waals surface area contributed by atoms with Crippen LogP contribution in [0.25, 0.3) is 0 Å². The highest BCUT2D eigenvalue weighted by Crippen LogP contribution is 2.40. The number of hydrogen-bond donors (Lipinski definition) is 0. The van der Waals surface area contributed by atoms with Crippen molar-refractivity contribution >= 4 is 14.4 Å². The van der Waals surface area contributed by atoms with E-state index < -0.39 is 38.5 Å². The average molecular weight is 352 g/mol. The van der Waals surface area contributed by atoms with Gasteiger partial charge in [-0.15, -0.1) is 0 Å². The molecule has 1 amide bonds. The fourth-order valence-electron chi connectivity index (χ4n) is 2.20. The van der Waals surface area contributed by atoms with E-state index in [1.807, 2.05) is 13.1 Å². The molecule has 0 aromatic heterocycles. The standard InChI is InChI=1S/C16H31F2NO3Si/c1-15(2,3)21-14(20)19-9-11(13(17)18)12(10-19)22-23(7,8)16(4,5)6/h11-13H,9-10H2,1-8H3/t11-,12-/m1/s1. The molecule has 0 bridgehead atoms. The van der Waals surface area contributed by atoms with Gasteiger partial charge in [0.1, 0.15) is 5.60 Å². The Kier molecular flexibility index (Phi) is 5.90. The number of amides is 1. The van der Waals surface area contributed by atoms with E-state index in [0.29, 0.717) is 0 Å². The van der Waals surface area contributed by atoms with Gasteiger partial charge >= 0.3 is 6.09 Å². The Morgan fingerprint density at radius 1 is 1.13 bits per heavy atom. The maximum atomic E-state index is 13.4. The molecule has 0 aromatic rings. The minimum Gasteiger partial charge on any atom is -0.444 e. The zero-order chi connectivity index (χ0) is 18.2. The SMILES string of the molecule is CC(C)(C)OC(=O)N1C[C@@H](O[Si](C)(C)C(C)(C)C)[C@H](C(F)F)C1. The summed E-state index contributed by atoms with van der Waals surface area (Å²) >= 11 is 0. The molecule has 23 heavy (non-hydrogen) atoms. The minimum atomic E-state index is -2.52. The van der Waals surface area contributed by atoms with E-state index in [-0.39, 0.29) is 18.1 Å². The van der Waals surface area contributed by atoms with Crippen LogP contribution in [-0.2, 0) is 9.16 Å². The lowest BCUT2D eigenvalue weighted by Gasteiger charge is -2.39. The first-order valence-corrected chi connectivity index (χ1v) is 11.0. The Morgan fingerprint density at radius 3 is 2.04 bits per heavy atom. The molecule has 1 aliphatic heterocycles. The molecule has 0 unspecified atom stereocenters. The second kappa shape index (κ2) is 6.67. The van der Waals surface area contributed by atoms with Crippen LogP contribution in [-0.4, -0.2) is 50.5 Å². The fourth-order valence-corrected chi connectivity index (χ4v) is 3.56. The lowest BCUT2D eigenvalue weighted by molar-refractivity contribution is 0.0225. The van der Waals surface area contributed by atoms with Crippen LogP contribution in [0.4, 0.5) is 13.6 Å². The number of hydrogen-bond acceptors (Lipinski definition) is 3. The first kappa shape index (κ1) is 20.4. The lowest BCUT2D eigenvalue weighted by Crippen LogP contribution is -2.47. The van der Waals surface area contributed by atoms with Crippen LogP contribution in [0, 0.1) is 5.92 Å². The molecule has 136 valence electrons. The van der Waals surface area contributed by atoms with E-state index in [9.17, 15) is 13.6 Å². The van der Waals surface area contributed by atoms with Gasteiger partial charge in [0.2, 0.25) is 6.43 Å². The number of ether oxygens (including phenoxy) is 1. The third-order valence-electron chi connectivity index (χ3n) is 4.54. The summed E-state index contributed by atoms with van der Waals surface area (Å²) in [5.74, 6) is -0.961. The van der Waals surface area contributed by atoms with Crippen molar-refractivity contribution in [2.75, 3.05) is 13.1 Å². The number of likely N-dealkylation sites (tertiary alicyclic amines) is 1. The summed E-state index contributed by atoms with van der Waals surface area (Å²) in [4.78, 5) is 13.5. The van der Waals surface area contributed by atoms with Crippen LogP contribution >= 0.6 is 0 Å². The maximum Gasteiger partial charge on any atom is 0.410 e. The maximum absolute atomic E-state index is 13.4. The third kappa shape index (κ3) is 5.41. The largest absolute Gasteiger partial charge is 0.444 e. The summed E-state index contributed by atoms with van der Waals surface area (Å²) in [6.45, 7) is 15.7. The predicted molar refractivity (Wildman–Crippen MR) is 89.4 cm³/mol. The van der Waals surface area contributed by atoms with E-state index in [2.05, 4.69) is 20.8 Å². The summed E-state index contributed by atoms with van der Waals surface area (Å²) in [5.41, 5.74) is -0.643. The second-order valence-corrected chi connectivity index (χ2v) is 13.6. The molecule has 1 fully saturated rings.